The third-order valence-electron chi connectivity index (χ3n) is 3.36. The fourth-order valence-electron chi connectivity index (χ4n) is 2.24. The largest absolute Gasteiger partial charge is 0.397 e. The Hall–Kier alpha value is -1.29. The molecule has 0 bridgehead atoms. The summed E-state index contributed by atoms with van der Waals surface area (Å²) < 4.78 is 0. The second-order valence-electron chi connectivity index (χ2n) is 4.47. The number of nitrogens with zero attached hydrogens (tertiary/aromatic N) is 3. The lowest BCUT2D eigenvalue weighted by atomic mass is 10.1. The molecule has 1 saturated heterocycles. The highest BCUT2D eigenvalue weighted by atomic mass is 15.3. The first-order chi connectivity index (χ1) is 7.70. The molecule has 0 aliphatic carbocycles. The molecule has 1 unspecified atom stereocenters. The zero-order valence-electron chi connectivity index (χ0n) is 10.1. The van der Waals surface area contributed by atoms with Gasteiger partial charge in [-0.1, -0.05) is 6.92 Å². The van der Waals surface area contributed by atoms with Gasteiger partial charge >= 0.3 is 0 Å². The van der Waals surface area contributed by atoms with Crippen molar-refractivity contribution in [2.24, 2.45) is 0 Å². The Morgan fingerprint density at radius 1 is 1.44 bits per heavy atom. The molecule has 2 rings (SSSR count). The van der Waals surface area contributed by atoms with Crippen LogP contribution in [0.25, 0.3) is 0 Å². The van der Waals surface area contributed by atoms with E-state index < -0.39 is 0 Å². The van der Waals surface area contributed by atoms with Crippen LogP contribution in [-0.2, 0) is 0 Å². The topological polar surface area (TPSA) is 45.4 Å². The Morgan fingerprint density at radius 3 is 2.94 bits per heavy atom. The van der Waals surface area contributed by atoms with Crippen molar-refractivity contribution in [1.82, 2.24) is 9.88 Å². The quantitative estimate of drug-likeness (QED) is 0.813. The number of hydrogen-bond donors (Lipinski definition) is 1. The molecule has 2 heterocycles. The molecular weight excluding hydrogens is 200 g/mol. The van der Waals surface area contributed by atoms with Crippen LogP contribution in [0.5, 0.6) is 0 Å². The summed E-state index contributed by atoms with van der Waals surface area (Å²) in [4.78, 5) is 8.95. The van der Waals surface area contributed by atoms with Crippen molar-refractivity contribution in [2.75, 3.05) is 37.3 Å². The Morgan fingerprint density at radius 2 is 2.25 bits per heavy atom. The van der Waals surface area contributed by atoms with Crippen molar-refractivity contribution in [1.29, 1.82) is 0 Å². The van der Waals surface area contributed by atoms with Crippen LogP contribution in [0.1, 0.15) is 13.3 Å². The highest BCUT2D eigenvalue weighted by Gasteiger charge is 2.22. The van der Waals surface area contributed by atoms with Gasteiger partial charge in [0.05, 0.1) is 17.6 Å². The summed E-state index contributed by atoms with van der Waals surface area (Å²) >= 11 is 0. The number of nitrogen functional groups attached to an aromatic ring is 1. The number of piperazine rings is 1. The average molecular weight is 220 g/mol. The monoisotopic (exact) mass is 220 g/mol. The first-order valence-electron chi connectivity index (χ1n) is 5.86. The summed E-state index contributed by atoms with van der Waals surface area (Å²) in [6.07, 6.45) is 4.77. The van der Waals surface area contributed by atoms with E-state index >= 15 is 0 Å². The minimum Gasteiger partial charge on any atom is -0.397 e. The van der Waals surface area contributed by atoms with Crippen LogP contribution in [0.4, 0.5) is 11.4 Å². The maximum Gasteiger partial charge on any atom is 0.0574 e. The molecule has 4 heteroatoms. The molecule has 88 valence electrons. The smallest absolute Gasteiger partial charge is 0.0574 e. The number of pyridine rings is 1. The molecule has 1 aliphatic rings. The Bertz CT molecular complexity index is 353. The second kappa shape index (κ2) is 4.70. The standard InChI is InChI=1S/C12H20N4/c1-3-11-9-16(5-4-15(11)2)12-6-10(13)7-14-8-12/h6-8,11H,3-5,9,13H2,1-2H3. The third-order valence-corrected chi connectivity index (χ3v) is 3.36. The lowest BCUT2D eigenvalue weighted by Crippen LogP contribution is -2.51. The van der Waals surface area contributed by atoms with Crippen LogP contribution in [-0.4, -0.2) is 42.6 Å². The molecular formula is C12H20N4. The first-order valence-corrected chi connectivity index (χ1v) is 5.86. The van der Waals surface area contributed by atoms with Crippen LogP contribution in [0, 0.1) is 0 Å². The van der Waals surface area contributed by atoms with Gasteiger partial charge in [-0.15, -0.1) is 0 Å². The van der Waals surface area contributed by atoms with E-state index in [2.05, 4.69) is 28.8 Å². The number of anilines is 2. The molecule has 16 heavy (non-hydrogen) atoms. The fourth-order valence-corrected chi connectivity index (χ4v) is 2.24. The van der Waals surface area contributed by atoms with Crippen molar-refractivity contribution in [2.45, 2.75) is 19.4 Å². The van der Waals surface area contributed by atoms with Crippen molar-refractivity contribution in [3.05, 3.63) is 18.5 Å². The third kappa shape index (κ3) is 2.27. The van der Waals surface area contributed by atoms with Gasteiger partial charge in [-0.05, 0) is 19.5 Å². The van der Waals surface area contributed by atoms with E-state index in [1.54, 1.807) is 6.20 Å². The predicted octanol–water partition coefficient (Wildman–Crippen LogP) is 1.19. The van der Waals surface area contributed by atoms with Gasteiger partial charge in [0, 0.05) is 31.9 Å². The molecule has 1 fully saturated rings. The first kappa shape index (κ1) is 11.2. The van der Waals surface area contributed by atoms with Gasteiger partial charge in [0.15, 0.2) is 0 Å². The molecule has 4 nitrogen and oxygen atoms in total. The van der Waals surface area contributed by atoms with E-state index in [0.717, 1.165) is 31.0 Å². The van der Waals surface area contributed by atoms with Crippen LogP contribution in [0.2, 0.25) is 0 Å². The fraction of sp³-hybridized carbons (Fsp3) is 0.583. The summed E-state index contributed by atoms with van der Waals surface area (Å²) in [5.41, 5.74) is 7.65. The van der Waals surface area contributed by atoms with E-state index in [1.807, 2.05) is 12.3 Å². The lowest BCUT2D eigenvalue weighted by molar-refractivity contribution is 0.213. The minimum atomic E-state index is 0.634. The van der Waals surface area contributed by atoms with E-state index in [4.69, 9.17) is 5.73 Å². The van der Waals surface area contributed by atoms with Gasteiger partial charge in [-0.25, -0.2) is 0 Å². The minimum absolute atomic E-state index is 0.634. The van der Waals surface area contributed by atoms with Gasteiger partial charge in [0.1, 0.15) is 0 Å². The summed E-state index contributed by atoms with van der Waals surface area (Å²) in [6.45, 7) is 5.46. The molecule has 0 spiro atoms. The second-order valence-corrected chi connectivity index (χ2v) is 4.47. The molecule has 0 amide bonds. The molecule has 1 atom stereocenters. The molecule has 0 saturated carbocycles. The molecule has 1 aliphatic heterocycles. The molecule has 1 aromatic heterocycles. The molecule has 0 aromatic carbocycles. The summed E-state index contributed by atoms with van der Waals surface area (Å²) in [7, 11) is 2.20. The number of hydrogen-bond acceptors (Lipinski definition) is 4. The number of nitrogens with two attached hydrogens (primary N) is 1. The normalized spacial score (nSPS) is 22.4. The highest BCUT2D eigenvalue weighted by Crippen LogP contribution is 2.20. The summed E-state index contributed by atoms with van der Waals surface area (Å²) in [6, 6.07) is 2.64. The maximum absolute atomic E-state index is 5.76. The Labute approximate surface area is 97.1 Å². The van der Waals surface area contributed by atoms with E-state index in [0.29, 0.717) is 6.04 Å². The SMILES string of the molecule is CCC1CN(c2cncc(N)c2)CCN1C. The van der Waals surface area contributed by atoms with E-state index in [-0.39, 0.29) is 0 Å². The Kier molecular flexibility index (Phi) is 3.29. The Balaban J connectivity index is 2.11. The van der Waals surface area contributed by atoms with Gasteiger partial charge in [-0.2, -0.15) is 0 Å². The lowest BCUT2D eigenvalue weighted by Gasteiger charge is -2.40. The molecule has 0 radical (unpaired) electrons. The van der Waals surface area contributed by atoms with E-state index in [1.165, 1.54) is 6.42 Å². The summed E-state index contributed by atoms with van der Waals surface area (Å²) in [5, 5.41) is 0. The van der Waals surface area contributed by atoms with Gasteiger partial charge in [0.25, 0.3) is 0 Å². The van der Waals surface area contributed by atoms with Crippen LogP contribution < -0.4 is 10.6 Å². The zero-order chi connectivity index (χ0) is 11.5. The van der Waals surface area contributed by atoms with Gasteiger partial charge in [-0.3, -0.25) is 9.88 Å². The highest BCUT2D eigenvalue weighted by molar-refractivity contribution is 5.53. The van der Waals surface area contributed by atoms with Crippen LogP contribution >= 0.6 is 0 Å². The van der Waals surface area contributed by atoms with Crippen molar-refractivity contribution in [3.8, 4) is 0 Å². The number of rotatable bonds is 2. The maximum atomic E-state index is 5.76. The van der Waals surface area contributed by atoms with Gasteiger partial charge in [0.2, 0.25) is 0 Å². The number of aromatic nitrogens is 1. The predicted molar refractivity (Wildman–Crippen MR) is 67.6 cm³/mol. The van der Waals surface area contributed by atoms with Crippen molar-refractivity contribution < 1.29 is 0 Å². The average Bonchev–Trinajstić information content (AvgIpc) is 2.29. The van der Waals surface area contributed by atoms with Crippen molar-refractivity contribution >= 4 is 11.4 Å². The zero-order valence-corrected chi connectivity index (χ0v) is 10.1. The number of likely N-dealkylation sites (N-methyl/N-ethyl adjacent to an activating group) is 1. The van der Waals surface area contributed by atoms with Gasteiger partial charge < -0.3 is 10.6 Å². The van der Waals surface area contributed by atoms with Crippen molar-refractivity contribution in [3.63, 3.8) is 0 Å². The van der Waals surface area contributed by atoms with Crippen LogP contribution in [0.15, 0.2) is 18.5 Å². The molecule has 1 aromatic rings. The summed E-state index contributed by atoms with van der Waals surface area (Å²) in [5.74, 6) is 0. The molecule has 2 N–H and O–H groups in total. The van der Waals surface area contributed by atoms with E-state index in [9.17, 15) is 0 Å². The van der Waals surface area contributed by atoms with Crippen LogP contribution in [0.3, 0.4) is 0 Å².